The van der Waals surface area contributed by atoms with Gasteiger partial charge in [-0.1, -0.05) is 54.4 Å². The number of fused-ring (bicyclic) bond motifs is 3. The van der Waals surface area contributed by atoms with Gasteiger partial charge in [-0.2, -0.15) is 0 Å². The molecule has 0 heterocycles. The number of rotatable bonds is 10. The summed E-state index contributed by atoms with van der Waals surface area (Å²) < 4.78 is 0. The quantitative estimate of drug-likeness (QED) is 0.296. The molecular weight excluding hydrogens is 512 g/mol. The smallest absolute Gasteiger partial charge is 0.0679 e. The Morgan fingerprint density at radius 2 is 1.51 bits per heavy atom. The molecule has 0 spiro atoms. The molecule has 0 amide bonds. The lowest BCUT2D eigenvalue weighted by molar-refractivity contribution is -0.268. The first-order valence-electron chi connectivity index (χ1n) is 17.3. The zero-order valence-corrected chi connectivity index (χ0v) is 28.0. The van der Waals surface area contributed by atoms with Crippen LogP contribution in [0.1, 0.15) is 99.8 Å². The Morgan fingerprint density at radius 3 is 2.05 bits per heavy atom. The predicted molar refractivity (Wildman–Crippen MR) is 167 cm³/mol. The molecule has 0 aliphatic heterocycles. The lowest BCUT2D eigenvalue weighted by Gasteiger charge is -2.69. The molecule has 4 saturated carbocycles. The summed E-state index contributed by atoms with van der Waals surface area (Å²) in [5, 5.41) is 46.0. The van der Waals surface area contributed by atoms with E-state index >= 15 is 0 Å². The van der Waals surface area contributed by atoms with Gasteiger partial charge in [0.25, 0.3) is 0 Å². The second-order valence-corrected chi connectivity index (χ2v) is 16.1. The lowest BCUT2D eigenvalue weighted by Crippen LogP contribution is -2.70. The van der Waals surface area contributed by atoms with Gasteiger partial charge in [0.2, 0.25) is 0 Å². The molecule has 6 heteroatoms. The second-order valence-electron chi connectivity index (χ2n) is 16.1. The largest absolute Gasteiger partial charge is 0.393 e. The number of nitrogens with zero attached hydrogens (tertiary/aromatic N) is 2. The van der Waals surface area contributed by atoms with Gasteiger partial charge < -0.3 is 30.2 Å². The number of aliphatic hydroxyl groups excluding tert-OH is 4. The number of aliphatic hydroxyl groups is 4. The van der Waals surface area contributed by atoms with E-state index in [4.69, 9.17) is 0 Å². The van der Waals surface area contributed by atoms with Crippen molar-refractivity contribution in [3.63, 3.8) is 0 Å². The molecule has 0 aromatic carbocycles. The van der Waals surface area contributed by atoms with Gasteiger partial charge in [0, 0.05) is 23.9 Å². The van der Waals surface area contributed by atoms with Crippen molar-refractivity contribution in [3.05, 3.63) is 0 Å². The van der Waals surface area contributed by atoms with Crippen LogP contribution in [0.15, 0.2) is 0 Å². The summed E-state index contributed by atoms with van der Waals surface area (Å²) in [7, 11) is 4.48. The molecular formula is C35H66N2O4. The van der Waals surface area contributed by atoms with Crippen molar-refractivity contribution in [2.45, 2.75) is 130 Å². The van der Waals surface area contributed by atoms with E-state index in [0.717, 1.165) is 19.4 Å². The molecule has 240 valence electrons. The van der Waals surface area contributed by atoms with E-state index in [1.807, 2.05) is 0 Å². The Morgan fingerprint density at radius 1 is 0.902 bits per heavy atom. The maximum absolute atomic E-state index is 12.5. The Kier molecular flexibility index (Phi) is 10.7. The van der Waals surface area contributed by atoms with Crippen LogP contribution in [0.4, 0.5) is 0 Å². The minimum Gasteiger partial charge on any atom is -0.393 e. The average molecular weight is 579 g/mol. The Labute approximate surface area is 252 Å². The van der Waals surface area contributed by atoms with Crippen molar-refractivity contribution >= 4 is 0 Å². The van der Waals surface area contributed by atoms with Crippen LogP contribution in [0.3, 0.4) is 0 Å². The van der Waals surface area contributed by atoms with Crippen molar-refractivity contribution in [2.75, 3.05) is 33.7 Å². The monoisotopic (exact) mass is 579 g/mol. The molecule has 0 radical (unpaired) electrons. The van der Waals surface area contributed by atoms with Crippen molar-refractivity contribution in [2.24, 2.45) is 58.2 Å². The lowest BCUT2D eigenvalue weighted by atomic mass is 9.38. The van der Waals surface area contributed by atoms with Gasteiger partial charge in [0.1, 0.15) is 0 Å². The fourth-order valence-corrected chi connectivity index (χ4v) is 11.2. The molecule has 12 unspecified atom stereocenters. The molecule has 4 rings (SSSR count). The SMILES string of the molecule is CCCCN(CCCC)CC1CC(N(C)C)C2C[C@H]3C[C@@]4(C)CC(O)C(C(C)O)C(O)[C@@]4(C)C(C)C3C(O)C2C1C. The second kappa shape index (κ2) is 13.0. The third kappa shape index (κ3) is 5.81. The molecule has 4 aliphatic rings. The van der Waals surface area contributed by atoms with Gasteiger partial charge >= 0.3 is 0 Å². The van der Waals surface area contributed by atoms with Crippen molar-refractivity contribution in [1.82, 2.24) is 9.80 Å². The van der Waals surface area contributed by atoms with E-state index in [2.05, 4.69) is 65.4 Å². The van der Waals surface area contributed by atoms with E-state index in [1.54, 1.807) is 6.92 Å². The Hall–Kier alpha value is -0.240. The highest BCUT2D eigenvalue weighted by atomic mass is 16.3. The first-order valence-corrected chi connectivity index (χ1v) is 17.3. The van der Waals surface area contributed by atoms with Gasteiger partial charge in [0.15, 0.2) is 0 Å². The van der Waals surface area contributed by atoms with Crippen LogP contribution in [0.5, 0.6) is 0 Å². The van der Waals surface area contributed by atoms with Gasteiger partial charge in [-0.15, -0.1) is 0 Å². The summed E-state index contributed by atoms with van der Waals surface area (Å²) in [5.41, 5.74) is -0.710. The topological polar surface area (TPSA) is 87.4 Å². The first kappa shape index (κ1) is 33.6. The van der Waals surface area contributed by atoms with E-state index in [-0.39, 0.29) is 29.3 Å². The summed E-state index contributed by atoms with van der Waals surface area (Å²) in [6.07, 6.45) is 6.15. The minimum absolute atomic E-state index is 0.0990. The van der Waals surface area contributed by atoms with Crippen LogP contribution in [-0.4, -0.2) is 94.4 Å². The Bertz CT molecular complexity index is 846. The summed E-state index contributed by atoms with van der Waals surface area (Å²) in [4.78, 5) is 5.17. The third-order valence-corrected chi connectivity index (χ3v) is 13.8. The van der Waals surface area contributed by atoms with E-state index in [0.29, 0.717) is 36.1 Å². The van der Waals surface area contributed by atoms with Gasteiger partial charge in [-0.05, 0) is 119 Å². The minimum atomic E-state index is -0.797. The number of unbranched alkanes of at least 4 members (excludes halogenated alkanes) is 2. The fourth-order valence-electron chi connectivity index (χ4n) is 11.2. The molecule has 0 aromatic rings. The van der Waals surface area contributed by atoms with Crippen LogP contribution in [-0.2, 0) is 0 Å². The normalized spacial score (nSPS) is 49.0. The predicted octanol–water partition coefficient (Wildman–Crippen LogP) is 4.88. The zero-order valence-electron chi connectivity index (χ0n) is 28.0. The number of hydrogen-bond donors (Lipinski definition) is 4. The van der Waals surface area contributed by atoms with Crippen molar-refractivity contribution < 1.29 is 20.4 Å². The molecule has 0 bridgehead atoms. The summed E-state index contributed by atoms with van der Waals surface area (Å²) in [5.74, 6) is 1.82. The van der Waals surface area contributed by atoms with Gasteiger partial charge in [-0.3, -0.25) is 0 Å². The standard InChI is InChI=1S/C35H66N2O4/c1-10-12-14-37(15-13-11-2)20-25-17-27(36(8)9)26-16-24-18-34(6)19-28(39)31(23(5)38)33(41)35(34,7)22(4)30(24)32(40)29(26)21(25)3/h21-33,38-41H,10-20H2,1-9H3/t21?,22?,23?,24-,25?,26?,27?,28?,29?,30?,31?,32?,33?,34-,35+/m0/s1. The van der Waals surface area contributed by atoms with Crippen molar-refractivity contribution in [1.29, 1.82) is 0 Å². The molecule has 4 fully saturated rings. The fraction of sp³-hybridized carbons (Fsp3) is 1.00. The van der Waals surface area contributed by atoms with Crippen LogP contribution < -0.4 is 0 Å². The zero-order chi connectivity index (χ0) is 30.4. The third-order valence-electron chi connectivity index (χ3n) is 13.8. The summed E-state index contributed by atoms with van der Waals surface area (Å²) >= 11 is 0. The molecule has 0 saturated heterocycles. The molecule has 4 N–H and O–H groups in total. The molecule has 0 aromatic heterocycles. The maximum Gasteiger partial charge on any atom is 0.0679 e. The summed E-state index contributed by atoms with van der Waals surface area (Å²) in [6.45, 7) is 18.9. The number of hydrogen-bond acceptors (Lipinski definition) is 6. The van der Waals surface area contributed by atoms with E-state index in [1.165, 1.54) is 45.2 Å². The van der Waals surface area contributed by atoms with Crippen LogP contribution in [0, 0.1) is 58.2 Å². The van der Waals surface area contributed by atoms with Crippen molar-refractivity contribution in [3.8, 4) is 0 Å². The van der Waals surface area contributed by atoms with E-state index in [9.17, 15) is 20.4 Å². The van der Waals surface area contributed by atoms with Gasteiger partial charge in [-0.25, -0.2) is 0 Å². The van der Waals surface area contributed by atoms with Crippen LogP contribution in [0.2, 0.25) is 0 Å². The Balaban J connectivity index is 1.65. The first-order chi connectivity index (χ1) is 19.2. The summed E-state index contributed by atoms with van der Waals surface area (Å²) in [6, 6.07) is 0.467. The van der Waals surface area contributed by atoms with E-state index < -0.39 is 29.6 Å². The average Bonchev–Trinajstić information content (AvgIpc) is 2.88. The highest BCUT2D eigenvalue weighted by Crippen LogP contribution is 2.68. The molecule has 41 heavy (non-hydrogen) atoms. The molecule has 4 aliphatic carbocycles. The highest BCUT2D eigenvalue weighted by Gasteiger charge is 2.68. The van der Waals surface area contributed by atoms with Gasteiger partial charge in [0.05, 0.1) is 24.4 Å². The van der Waals surface area contributed by atoms with Crippen LogP contribution in [0.25, 0.3) is 0 Å². The maximum atomic E-state index is 12.5. The molecule has 15 atom stereocenters. The highest BCUT2D eigenvalue weighted by molar-refractivity contribution is 5.17. The van der Waals surface area contributed by atoms with Crippen LogP contribution >= 0.6 is 0 Å². The molecule has 6 nitrogen and oxygen atoms in total.